The molecule has 0 amide bonds. The maximum Gasteiger partial charge on any atom is 0.126 e. The van der Waals surface area contributed by atoms with Crippen LogP contribution in [0.25, 0.3) is 0 Å². The number of anilines is 1. The molecule has 1 unspecified atom stereocenters. The van der Waals surface area contributed by atoms with Gasteiger partial charge in [0.25, 0.3) is 0 Å². The summed E-state index contributed by atoms with van der Waals surface area (Å²) < 4.78 is 5.03. The zero-order valence-electron chi connectivity index (χ0n) is 8.66. The number of ether oxygens (including phenoxy) is 1. The zero-order chi connectivity index (χ0) is 10.4. The molecule has 0 aliphatic rings. The van der Waals surface area contributed by atoms with E-state index in [1.807, 2.05) is 25.1 Å². The van der Waals surface area contributed by atoms with Crippen molar-refractivity contribution >= 4 is 5.82 Å². The molecule has 0 bridgehead atoms. The molecule has 14 heavy (non-hydrogen) atoms. The molecule has 0 spiro atoms. The van der Waals surface area contributed by atoms with Crippen molar-refractivity contribution in [2.24, 2.45) is 5.73 Å². The van der Waals surface area contributed by atoms with Crippen LogP contribution >= 0.6 is 0 Å². The second-order valence-electron chi connectivity index (χ2n) is 3.20. The second-order valence-corrected chi connectivity index (χ2v) is 3.20. The van der Waals surface area contributed by atoms with Crippen molar-refractivity contribution in [3.63, 3.8) is 0 Å². The minimum atomic E-state index is 0.120. The van der Waals surface area contributed by atoms with Gasteiger partial charge in [0.2, 0.25) is 0 Å². The Hall–Kier alpha value is -1.13. The van der Waals surface area contributed by atoms with Gasteiger partial charge in [-0.1, -0.05) is 6.07 Å². The van der Waals surface area contributed by atoms with Crippen LogP contribution in [-0.4, -0.2) is 31.3 Å². The van der Waals surface area contributed by atoms with Crippen molar-refractivity contribution in [1.29, 1.82) is 0 Å². The van der Waals surface area contributed by atoms with E-state index < -0.39 is 0 Å². The van der Waals surface area contributed by atoms with Crippen molar-refractivity contribution in [3.8, 4) is 0 Å². The van der Waals surface area contributed by atoms with E-state index in [0.717, 1.165) is 11.5 Å². The Morgan fingerprint density at radius 1 is 1.57 bits per heavy atom. The SMILES string of the molecule is COCC(CN)Nc1cccc(C)n1. The number of rotatable bonds is 5. The molecule has 1 aromatic rings. The molecule has 0 aromatic carbocycles. The molecule has 1 heterocycles. The normalized spacial score (nSPS) is 12.5. The predicted octanol–water partition coefficient (Wildman–Crippen LogP) is 0.776. The molecule has 0 radical (unpaired) electrons. The molecule has 1 atom stereocenters. The van der Waals surface area contributed by atoms with E-state index in [-0.39, 0.29) is 6.04 Å². The molecule has 1 rings (SSSR count). The lowest BCUT2D eigenvalue weighted by Gasteiger charge is -2.16. The van der Waals surface area contributed by atoms with Crippen LogP contribution in [0.3, 0.4) is 0 Å². The number of hydrogen-bond acceptors (Lipinski definition) is 4. The fraction of sp³-hybridized carbons (Fsp3) is 0.500. The Kier molecular flexibility index (Phi) is 4.35. The van der Waals surface area contributed by atoms with Gasteiger partial charge in [-0.15, -0.1) is 0 Å². The van der Waals surface area contributed by atoms with Gasteiger partial charge in [-0.2, -0.15) is 0 Å². The summed E-state index contributed by atoms with van der Waals surface area (Å²) in [4.78, 5) is 4.32. The Morgan fingerprint density at radius 2 is 2.36 bits per heavy atom. The first-order valence-electron chi connectivity index (χ1n) is 4.65. The third-order valence-electron chi connectivity index (χ3n) is 1.89. The number of hydrogen-bond donors (Lipinski definition) is 2. The van der Waals surface area contributed by atoms with Crippen molar-refractivity contribution in [2.45, 2.75) is 13.0 Å². The van der Waals surface area contributed by atoms with Crippen LogP contribution in [0.15, 0.2) is 18.2 Å². The predicted molar refractivity (Wildman–Crippen MR) is 57.3 cm³/mol. The number of nitrogens with zero attached hydrogens (tertiary/aromatic N) is 1. The smallest absolute Gasteiger partial charge is 0.126 e. The molecule has 0 aliphatic heterocycles. The lowest BCUT2D eigenvalue weighted by atomic mass is 10.3. The molecule has 0 saturated carbocycles. The maximum absolute atomic E-state index is 5.57. The highest BCUT2D eigenvalue weighted by molar-refractivity contribution is 5.36. The summed E-state index contributed by atoms with van der Waals surface area (Å²) in [6.45, 7) is 3.08. The monoisotopic (exact) mass is 195 g/mol. The minimum Gasteiger partial charge on any atom is -0.383 e. The van der Waals surface area contributed by atoms with Crippen LogP contribution in [0, 0.1) is 6.92 Å². The molecule has 78 valence electrons. The van der Waals surface area contributed by atoms with E-state index in [0.29, 0.717) is 13.2 Å². The molecule has 4 nitrogen and oxygen atoms in total. The summed E-state index contributed by atoms with van der Waals surface area (Å²) in [7, 11) is 1.66. The topological polar surface area (TPSA) is 60.2 Å². The van der Waals surface area contributed by atoms with Gasteiger partial charge in [0.05, 0.1) is 12.6 Å². The average Bonchev–Trinajstić information content (AvgIpc) is 2.17. The number of nitrogens with two attached hydrogens (primary N) is 1. The second kappa shape index (κ2) is 5.57. The van der Waals surface area contributed by atoms with Gasteiger partial charge in [0, 0.05) is 19.3 Å². The van der Waals surface area contributed by atoms with Crippen molar-refractivity contribution < 1.29 is 4.74 Å². The maximum atomic E-state index is 5.57. The number of aryl methyl sites for hydroxylation is 1. The molecular weight excluding hydrogens is 178 g/mol. The van der Waals surface area contributed by atoms with Gasteiger partial charge in [-0.25, -0.2) is 4.98 Å². The van der Waals surface area contributed by atoms with Gasteiger partial charge >= 0.3 is 0 Å². The summed E-state index contributed by atoms with van der Waals surface area (Å²) in [5.41, 5.74) is 6.56. The summed E-state index contributed by atoms with van der Waals surface area (Å²) in [5, 5.41) is 3.21. The number of methoxy groups -OCH3 is 1. The molecule has 0 aliphatic carbocycles. The van der Waals surface area contributed by atoms with Gasteiger partial charge in [0.15, 0.2) is 0 Å². The first-order chi connectivity index (χ1) is 6.76. The van der Waals surface area contributed by atoms with Crippen molar-refractivity contribution in [1.82, 2.24) is 4.98 Å². The van der Waals surface area contributed by atoms with Gasteiger partial charge in [0.1, 0.15) is 5.82 Å². The number of nitrogens with one attached hydrogen (secondary N) is 1. The standard InChI is InChI=1S/C10H17N3O/c1-8-4-3-5-10(12-8)13-9(6-11)7-14-2/h3-5,9H,6-7,11H2,1-2H3,(H,12,13). The quantitative estimate of drug-likeness (QED) is 0.728. The third kappa shape index (κ3) is 3.32. The van der Waals surface area contributed by atoms with E-state index in [2.05, 4.69) is 10.3 Å². The molecule has 3 N–H and O–H groups in total. The molecule has 0 saturated heterocycles. The van der Waals surface area contributed by atoms with Crippen LogP contribution in [0.1, 0.15) is 5.69 Å². The Balaban J connectivity index is 2.57. The highest BCUT2D eigenvalue weighted by atomic mass is 16.5. The summed E-state index contributed by atoms with van der Waals surface area (Å²) in [6, 6.07) is 5.96. The summed E-state index contributed by atoms with van der Waals surface area (Å²) in [5.74, 6) is 0.845. The minimum absolute atomic E-state index is 0.120. The molecule has 0 fully saturated rings. The molecule has 4 heteroatoms. The van der Waals surface area contributed by atoms with E-state index >= 15 is 0 Å². The Labute approximate surface area is 84.5 Å². The summed E-state index contributed by atoms with van der Waals surface area (Å²) >= 11 is 0. The van der Waals surface area contributed by atoms with E-state index in [4.69, 9.17) is 10.5 Å². The first kappa shape index (κ1) is 10.9. The van der Waals surface area contributed by atoms with E-state index in [1.165, 1.54) is 0 Å². The average molecular weight is 195 g/mol. The molecular formula is C10H17N3O. The first-order valence-corrected chi connectivity index (χ1v) is 4.65. The van der Waals surface area contributed by atoms with Crippen LogP contribution in [-0.2, 0) is 4.74 Å². The Morgan fingerprint density at radius 3 is 2.93 bits per heavy atom. The number of aromatic nitrogens is 1. The zero-order valence-corrected chi connectivity index (χ0v) is 8.66. The van der Waals surface area contributed by atoms with E-state index in [9.17, 15) is 0 Å². The lowest BCUT2D eigenvalue weighted by Crippen LogP contribution is -2.33. The van der Waals surface area contributed by atoms with Gasteiger partial charge < -0.3 is 15.8 Å². The van der Waals surface area contributed by atoms with Gasteiger partial charge in [-0.3, -0.25) is 0 Å². The fourth-order valence-electron chi connectivity index (χ4n) is 1.20. The van der Waals surface area contributed by atoms with Crippen molar-refractivity contribution in [2.75, 3.05) is 25.6 Å². The van der Waals surface area contributed by atoms with Crippen LogP contribution in [0.2, 0.25) is 0 Å². The van der Waals surface area contributed by atoms with Gasteiger partial charge in [-0.05, 0) is 19.1 Å². The Bertz CT molecular complexity index is 278. The van der Waals surface area contributed by atoms with Crippen molar-refractivity contribution in [3.05, 3.63) is 23.9 Å². The van der Waals surface area contributed by atoms with Crippen LogP contribution in [0.4, 0.5) is 5.82 Å². The third-order valence-corrected chi connectivity index (χ3v) is 1.89. The largest absolute Gasteiger partial charge is 0.383 e. The fourth-order valence-corrected chi connectivity index (χ4v) is 1.20. The summed E-state index contributed by atoms with van der Waals surface area (Å²) in [6.07, 6.45) is 0. The number of pyridine rings is 1. The highest BCUT2D eigenvalue weighted by Gasteiger charge is 2.05. The lowest BCUT2D eigenvalue weighted by molar-refractivity contribution is 0.187. The highest BCUT2D eigenvalue weighted by Crippen LogP contribution is 2.05. The van der Waals surface area contributed by atoms with Crippen LogP contribution < -0.4 is 11.1 Å². The van der Waals surface area contributed by atoms with E-state index in [1.54, 1.807) is 7.11 Å². The van der Waals surface area contributed by atoms with Crippen LogP contribution in [0.5, 0.6) is 0 Å². The molecule has 1 aromatic heterocycles.